The molecule has 9 heteroatoms. The number of nitrogens with zero attached hydrogens (tertiary/aromatic N) is 1. The third-order valence-corrected chi connectivity index (χ3v) is 6.57. The van der Waals surface area contributed by atoms with Gasteiger partial charge >= 0.3 is 0 Å². The van der Waals surface area contributed by atoms with E-state index in [4.69, 9.17) is 23.9 Å². The molecule has 3 aromatic rings. The lowest BCUT2D eigenvalue weighted by Gasteiger charge is -2.11. The number of H-pyrrole nitrogens is 1. The first-order valence-corrected chi connectivity index (χ1v) is 11.4. The van der Waals surface area contributed by atoms with E-state index in [-0.39, 0.29) is 5.56 Å². The van der Waals surface area contributed by atoms with E-state index in [0.717, 1.165) is 11.1 Å². The van der Waals surface area contributed by atoms with Gasteiger partial charge in [-0.15, -0.1) is 0 Å². The first kappa shape index (κ1) is 23.3. The maximum atomic E-state index is 12.5. The number of rotatable bonds is 9. The number of halogens is 1. The Hall–Kier alpha value is -2.40. The highest BCUT2D eigenvalue weighted by molar-refractivity contribution is 14.1. The number of thioether (sulfide) groups is 1. The number of hydrogen-bond donors (Lipinski definition) is 1. The summed E-state index contributed by atoms with van der Waals surface area (Å²) in [5.74, 6) is 3.33. The van der Waals surface area contributed by atoms with Gasteiger partial charge in [0.15, 0.2) is 16.7 Å². The fourth-order valence-corrected chi connectivity index (χ4v) is 4.21. The van der Waals surface area contributed by atoms with Crippen LogP contribution >= 0.6 is 34.4 Å². The Labute approximate surface area is 198 Å². The molecule has 0 aliphatic carbocycles. The monoisotopic (exact) mass is 554 g/mol. The average Bonchev–Trinajstić information content (AvgIpc) is 2.80. The van der Waals surface area contributed by atoms with Crippen molar-refractivity contribution < 1.29 is 18.9 Å². The summed E-state index contributed by atoms with van der Waals surface area (Å²) in [5, 5.41) is 0.558. The molecule has 1 heterocycles. The summed E-state index contributed by atoms with van der Waals surface area (Å²) in [6, 6.07) is 11.4. The van der Waals surface area contributed by atoms with Crippen molar-refractivity contribution in [1.82, 2.24) is 9.97 Å². The summed E-state index contributed by atoms with van der Waals surface area (Å²) < 4.78 is 21.9. The van der Waals surface area contributed by atoms with Crippen molar-refractivity contribution in [2.24, 2.45) is 0 Å². The maximum absolute atomic E-state index is 12.5. The van der Waals surface area contributed by atoms with Crippen molar-refractivity contribution in [1.29, 1.82) is 0 Å². The van der Waals surface area contributed by atoms with Crippen LogP contribution in [-0.2, 0) is 12.2 Å². The van der Waals surface area contributed by atoms with Crippen LogP contribution in [0.4, 0.5) is 0 Å². The predicted octanol–water partition coefficient (Wildman–Crippen LogP) is 4.29. The van der Waals surface area contributed by atoms with Crippen molar-refractivity contribution in [2.75, 3.05) is 28.4 Å². The Balaban J connectivity index is 1.82. The SMILES string of the molecule is COc1cc(CSc2nc(Cc3ccc(OC)c(OC)c3)c(I)c(=O)[nH]2)cc(OC)c1. The van der Waals surface area contributed by atoms with Gasteiger partial charge in [0.05, 0.1) is 34.1 Å². The topological polar surface area (TPSA) is 82.7 Å². The molecule has 1 N–H and O–H groups in total. The number of ether oxygens (including phenoxy) is 4. The molecule has 7 nitrogen and oxygen atoms in total. The number of nitrogens with one attached hydrogen (secondary N) is 1. The highest BCUT2D eigenvalue weighted by Crippen LogP contribution is 2.30. The fraction of sp³-hybridized carbons (Fsp3) is 0.273. The summed E-state index contributed by atoms with van der Waals surface area (Å²) in [5.41, 5.74) is 2.53. The Morgan fingerprint density at radius 3 is 2.19 bits per heavy atom. The molecule has 0 unspecified atom stereocenters. The molecule has 0 amide bonds. The van der Waals surface area contributed by atoms with Crippen LogP contribution in [-0.4, -0.2) is 38.4 Å². The molecule has 0 aliphatic heterocycles. The first-order chi connectivity index (χ1) is 15.0. The number of aromatic amines is 1. The van der Waals surface area contributed by atoms with E-state index < -0.39 is 0 Å². The van der Waals surface area contributed by atoms with Crippen molar-refractivity contribution >= 4 is 34.4 Å². The molecule has 0 atom stereocenters. The molecule has 0 saturated heterocycles. The summed E-state index contributed by atoms with van der Waals surface area (Å²) in [6.07, 6.45) is 0.503. The van der Waals surface area contributed by atoms with Crippen molar-refractivity contribution in [3.8, 4) is 23.0 Å². The molecular formula is C22H23IN2O5S. The summed E-state index contributed by atoms with van der Waals surface area (Å²) in [6.45, 7) is 0. The zero-order chi connectivity index (χ0) is 22.4. The maximum Gasteiger partial charge on any atom is 0.265 e. The molecule has 3 rings (SSSR count). The lowest BCUT2D eigenvalue weighted by atomic mass is 10.1. The van der Waals surface area contributed by atoms with E-state index in [2.05, 4.69) is 4.98 Å². The quantitative estimate of drug-likeness (QED) is 0.240. The number of aromatic nitrogens is 2. The molecule has 0 aliphatic rings. The van der Waals surface area contributed by atoms with Gasteiger partial charge in [-0.3, -0.25) is 4.79 Å². The van der Waals surface area contributed by atoms with E-state index >= 15 is 0 Å². The minimum atomic E-state index is -0.156. The Morgan fingerprint density at radius 2 is 1.58 bits per heavy atom. The van der Waals surface area contributed by atoms with Crippen LogP contribution < -0.4 is 24.5 Å². The van der Waals surface area contributed by atoms with Gasteiger partial charge < -0.3 is 23.9 Å². The summed E-state index contributed by atoms with van der Waals surface area (Å²) in [4.78, 5) is 20.0. The highest BCUT2D eigenvalue weighted by Gasteiger charge is 2.13. The molecule has 0 spiro atoms. The van der Waals surface area contributed by atoms with Gasteiger partial charge in [-0.05, 0) is 58.0 Å². The Bertz CT molecular complexity index is 1100. The second-order valence-corrected chi connectivity index (χ2v) is 8.55. The van der Waals surface area contributed by atoms with Gasteiger partial charge in [0.2, 0.25) is 0 Å². The summed E-state index contributed by atoms with van der Waals surface area (Å²) in [7, 11) is 6.42. The van der Waals surface area contributed by atoms with Crippen LogP contribution in [0.3, 0.4) is 0 Å². The van der Waals surface area contributed by atoms with Gasteiger partial charge in [0.1, 0.15) is 15.1 Å². The van der Waals surface area contributed by atoms with E-state index in [0.29, 0.717) is 49.6 Å². The van der Waals surface area contributed by atoms with E-state index in [1.165, 1.54) is 11.8 Å². The Morgan fingerprint density at radius 1 is 0.903 bits per heavy atom. The second-order valence-electron chi connectivity index (χ2n) is 6.51. The number of methoxy groups -OCH3 is 4. The van der Waals surface area contributed by atoms with Gasteiger partial charge in [-0.25, -0.2) is 4.98 Å². The Kier molecular flexibility index (Phi) is 8.08. The third-order valence-electron chi connectivity index (χ3n) is 4.52. The van der Waals surface area contributed by atoms with Crippen molar-refractivity contribution in [3.63, 3.8) is 0 Å². The zero-order valence-electron chi connectivity index (χ0n) is 17.7. The lowest BCUT2D eigenvalue weighted by Crippen LogP contribution is -2.16. The minimum Gasteiger partial charge on any atom is -0.497 e. The van der Waals surface area contributed by atoms with Crippen LogP contribution in [0.25, 0.3) is 0 Å². The van der Waals surface area contributed by atoms with Crippen LogP contribution in [0.2, 0.25) is 0 Å². The van der Waals surface area contributed by atoms with E-state index in [1.807, 2.05) is 59.0 Å². The van der Waals surface area contributed by atoms with Crippen molar-refractivity contribution in [3.05, 3.63) is 67.1 Å². The third kappa shape index (κ3) is 5.85. The second kappa shape index (κ2) is 10.8. The van der Waals surface area contributed by atoms with Gasteiger partial charge in [-0.1, -0.05) is 17.8 Å². The van der Waals surface area contributed by atoms with Gasteiger partial charge in [0, 0.05) is 18.2 Å². The lowest BCUT2D eigenvalue weighted by molar-refractivity contribution is 0.354. The first-order valence-electron chi connectivity index (χ1n) is 9.31. The zero-order valence-corrected chi connectivity index (χ0v) is 20.6. The molecule has 0 fully saturated rings. The molecule has 0 saturated carbocycles. The average molecular weight is 554 g/mol. The molecule has 0 bridgehead atoms. The standard InChI is InChI=1S/C22H23IN2O5S/c1-27-15-7-14(8-16(11-15)28-2)12-31-22-24-17(20(23)21(26)25-22)9-13-5-6-18(29-3)19(10-13)30-4/h5-8,10-11H,9,12H2,1-4H3,(H,24,25,26). The largest absolute Gasteiger partial charge is 0.497 e. The highest BCUT2D eigenvalue weighted by atomic mass is 127. The molecular weight excluding hydrogens is 531 g/mol. The van der Waals surface area contributed by atoms with E-state index in [9.17, 15) is 4.79 Å². The minimum absolute atomic E-state index is 0.156. The summed E-state index contributed by atoms with van der Waals surface area (Å²) >= 11 is 3.48. The smallest absolute Gasteiger partial charge is 0.265 e. The fourth-order valence-electron chi connectivity index (χ4n) is 2.95. The van der Waals surface area contributed by atoms with Gasteiger partial charge in [-0.2, -0.15) is 0 Å². The predicted molar refractivity (Wildman–Crippen MR) is 129 cm³/mol. The molecule has 0 radical (unpaired) electrons. The van der Waals surface area contributed by atoms with Crippen LogP contribution in [0.1, 0.15) is 16.8 Å². The molecule has 1 aromatic heterocycles. The number of benzene rings is 2. The number of hydrogen-bond acceptors (Lipinski definition) is 7. The molecule has 164 valence electrons. The molecule has 2 aromatic carbocycles. The molecule has 31 heavy (non-hydrogen) atoms. The van der Waals surface area contributed by atoms with Gasteiger partial charge in [0.25, 0.3) is 5.56 Å². The normalized spacial score (nSPS) is 10.6. The van der Waals surface area contributed by atoms with Crippen molar-refractivity contribution in [2.45, 2.75) is 17.3 Å². The van der Waals surface area contributed by atoms with Crippen LogP contribution in [0, 0.1) is 3.57 Å². The van der Waals surface area contributed by atoms with E-state index in [1.54, 1.807) is 28.4 Å². The van der Waals surface area contributed by atoms with Crippen LogP contribution in [0.15, 0.2) is 46.3 Å². The van der Waals surface area contributed by atoms with Crippen LogP contribution in [0.5, 0.6) is 23.0 Å².